The monoisotopic (exact) mass is 484 g/mol. The van der Waals surface area contributed by atoms with Gasteiger partial charge in [0.2, 0.25) is 10.0 Å². The quantitative estimate of drug-likeness (QED) is 0.518. The third-order valence-corrected chi connectivity index (χ3v) is 9.45. The normalized spacial score (nSPS) is 24.9. The molecule has 0 radical (unpaired) electrons. The van der Waals surface area contributed by atoms with Crippen molar-refractivity contribution in [3.63, 3.8) is 0 Å². The van der Waals surface area contributed by atoms with Crippen LogP contribution in [0.15, 0.2) is 30.7 Å². The number of pyridine rings is 2. The average Bonchev–Trinajstić information content (AvgIpc) is 3.32. The van der Waals surface area contributed by atoms with Crippen LogP contribution in [-0.2, 0) is 14.8 Å². The highest BCUT2D eigenvalue weighted by Crippen LogP contribution is 2.39. The summed E-state index contributed by atoms with van der Waals surface area (Å²) in [4.78, 5) is 12.4. The number of nitrogens with zero attached hydrogens (tertiary/aromatic N) is 3. The Morgan fingerprint density at radius 3 is 2.76 bits per heavy atom. The van der Waals surface area contributed by atoms with E-state index >= 15 is 0 Å². The third-order valence-electron chi connectivity index (χ3n) is 7.43. The lowest BCUT2D eigenvalue weighted by molar-refractivity contribution is 0.00547. The molecule has 1 atom stereocenters. The maximum absolute atomic E-state index is 13.2. The molecule has 0 spiro atoms. The van der Waals surface area contributed by atoms with Crippen molar-refractivity contribution in [2.75, 3.05) is 25.4 Å². The highest BCUT2D eigenvalue weighted by atomic mass is 32.2. The van der Waals surface area contributed by atoms with Crippen molar-refractivity contribution in [2.45, 2.75) is 64.4 Å². The molecule has 3 aromatic rings. The number of rotatable bonds is 7. The first-order chi connectivity index (χ1) is 16.4. The van der Waals surface area contributed by atoms with Crippen LogP contribution in [0.2, 0.25) is 0 Å². The van der Waals surface area contributed by atoms with Crippen LogP contribution in [-0.4, -0.2) is 59.2 Å². The van der Waals surface area contributed by atoms with Crippen molar-refractivity contribution in [3.8, 4) is 0 Å². The van der Waals surface area contributed by atoms with Crippen LogP contribution in [0.1, 0.15) is 64.0 Å². The van der Waals surface area contributed by atoms with Gasteiger partial charge in [0, 0.05) is 60.1 Å². The van der Waals surface area contributed by atoms with Gasteiger partial charge in [-0.15, -0.1) is 0 Å². The number of hydrogen-bond donors (Lipinski definition) is 1. The largest absolute Gasteiger partial charge is 0.377 e. The zero-order valence-electron chi connectivity index (χ0n) is 20.2. The van der Waals surface area contributed by atoms with Crippen molar-refractivity contribution in [1.29, 1.82) is 0 Å². The molecule has 1 unspecified atom stereocenters. The predicted molar refractivity (Wildman–Crippen MR) is 135 cm³/mol. The summed E-state index contributed by atoms with van der Waals surface area (Å²) in [6.45, 7) is 6.08. The zero-order chi connectivity index (χ0) is 23.7. The van der Waals surface area contributed by atoms with Gasteiger partial charge in [-0.25, -0.2) is 18.4 Å². The molecule has 2 fully saturated rings. The van der Waals surface area contributed by atoms with E-state index in [2.05, 4.69) is 34.9 Å². The van der Waals surface area contributed by atoms with Gasteiger partial charge in [-0.05, 0) is 68.4 Å². The molecule has 4 heterocycles. The Labute approximate surface area is 202 Å². The number of H-pyrrole nitrogens is 1. The van der Waals surface area contributed by atoms with Crippen LogP contribution >= 0.6 is 0 Å². The Morgan fingerprint density at radius 2 is 1.97 bits per heavy atom. The highest BCUT2D eigenvalue weighted by molar-refractivity contribution is 7.89. The molecule has 3 aromatic heterocycles. The number of piperidine rings is 1. The molecule has 7 nitrogen and oxygen atoms in total. The minimum Gasteiger partial charge on any atom is -0.377 e. The maximum Gasteiger partial charge on any atom is 0.214 e. The standard InChI is InChI=1S/C26H36N4O3S/c1-18(2)16-33-22-4-3-13-30(15-22)34(31,32)17-19-5-7-20(8-6-19)25-24-21(9-11-27-25)14-29-26-23(24)10-12-28-26/h9-12,14,18-20,22,27H,3-8,13,15-17H2,1-2H3. The van der Waals surface area contributed by atoms with Gasteiger partial charge in [-0.2, -0.15) is 4.31 Å². The fourth-order valence-corrected chi connectivity index (χ4v) is 7.60. The number of hydrogen-bond acceptors (Lipinski definition) is 5. The summed E-state index contributed by atoms with van der Waals surface area (Å²) in [5.41, 5.74) is 2.02. The Kier molecular flexibility index (Phi) is 6.91. The summed E-state index contributed by atoms with van der Waals surface area (Å²) in [5, 5.41) is 3.42. The van der Waals surface area contributed by atoms with Gasteiger partial charge in [-0.1, -0.05) is 13.8 Å². The first kappa shape index (κ1) is 23.7. The summed E-state index contributed by atoms with van der Waals surface area (Å²) in [6.07, 6.45) is 11.4. The molecule has 5 rings (SSSR count). The minimum absolute atomic E-state index is 0.0283. The lowest BCUT2D eigenvalue weighted by Gasteiger charge is -2.34. The zero-order valence-corrected chi connectivity index (χ0v) is 21.1. The Morgan fingerprint density at radius 1 is 1.15 bits per heavy atom. The van der Waals surface area contributed by atoms with Gasteiger partial charge in [0.25, 0.3) is 0 Å². The Balaban J connectivity index is 1.23. The number of nitrogens with one attached hydrogen (secondary N) is 1. The average molecular weight is 485 g/mol. The molecule has 1 N–H and O–H groups in total. The third kappa shape index (κ3) is 4.99. The Hall–Kier alpha value is -2.03. The van der Waals surface area contributed by atoms with E-state index in [4.69, 9.17) is 4.74 Å². The van der Waals surface area contributed by atoms with E-state index in [0.29, 0.717) is 31.5 Å². The minimum atomic E-state index is -3.26. The summed E-state index contributed by atoms with van der Waals surface area (Å²) >= 11 is 0. The lowest BCUT2D eigenvalue weighted by Crippen LogP contribution is -2.45. The van der Waals surface area contributed by atoms with E-state index in [-0.39, 0.29) is 17.8 Å². The fourth-order valence-electron chi connectivity index (χ4n) is 5.66. The number of sulfonamides is 1. The lowest BCUT2D eigenvalue weighted by atomic mass is 9.80. The smallest absolute Gasteiger partial charge is 0.214 e. The molecule has 1 aliphatic heterocycles. The van der Waals surface area contributed by atoms with E-state index in [1.807, 2.05) is 24.7 Å². The van der Waals surface area contributed by atoms with E-state index < -0.39 is 10.0 Å². The predicted octanol–water partition coefficient (Wildman–Crippen LogP) is 4.85. The van der Waals surface area contributed by atoms with E-state index in [9.17, 15) is 8.42 Å². The summed E-state index contributed by atoms with van der Waals surface area (Å²) < 4.78 is 34.1. The molecular formula is C26H36N4O3S. The van der Waals surface area contributed by atoms with Crippen molar-refractivity contribution in [2.24, 2.45) is 11.8 Å². The molecule has 0 aromatic carbocycles. The van der Waals surface area contributed by atoms with Crippen LogP contribution in [0.3, 0.4) is 0 Å². The van der Waals surface area contributed by atoms with E-state index in [0.717, 1.165) is 54.9 Å². The molecular weight excluding hydrogens is 448 g/mol. The van der Waals surface area contributed by atoms with E-state index in [1.54, 1.807) is 4.31 Å². The van der Waals surface area contributed by atoms with Crippen molar-refractivity contribution < 1.29 is 13.2 Å². The molecule has 0 bridgehead atoms. The first-order valence-corrected chi connectivity index (χ1v) is 14.3. The Bertz CT molecular complexity index is 1230. The van der Waals surface area contributed by atoms with Gasteiger partial charge in [-0.3, -0.25) is 0 Å². The van der Waals surface area contributed by atoms with Crippen molar-refractivity contribution in [3.05, 3.63) is 36.4 Å². The summed E-state index contributed by atoms with van der Waals surface area (Å²) in [6, 6.07) is 4.10. The topological polar surface area (TPSA) is 88.2 Å². The first-order valence-electron chi connectivity index (χ1n) is 12.7. The number of aromatic amines is 1. The van der Waals surface area contributed by atoms with Gasteiger partial charge in [0.15, 0.2) is 5.65 Å². The molecule has 0 amide bonds. The summed E-state index contributed by atoms with van der Waals surface area (Å²) in [7, 11) is -3.26. The van der Waals surface area contributed by atoms with Gasteiger partial charge >= 0.3 is 0 Å². The molecule has 184 valence electrons. The second-order valence-corrected chi connectivity index (χ2v) is 12.5. The van der Waals surface area contributed by atoms with Crippen molar-refractivity contribution >= 4 is 31.8 Å². The SMILES string of the molecule is CC(C)COC1CCCN(S(=O)(=O)CC2CCC(c3[nH]ccc4cnc5nccc5c34)CC2)C1. The molecule has 34 heavy (non-hydrogen) atoms. The van der Waals surface area contributed by atoms with Gasteiger partial charge in [0.1, 0.15) is 0 Å². The van der Waals surface area contributed by atoms with Crippen LogP contribution < -0.4 is 0 Å². The molecule has 1 saturated carbocycles. The second kappa shape index (κ2) is 9.91. The number of fused-ring (bicyclic) bond motifs is 3. The van der Waals surface area contributed by atoms with Crippen LogP contribution in [0.5, 0.6) is 0 Å². The second-order valence-electron chi connectivity index (χ2n) is 10.5. The van der Waals surface area contributed by atoms with Gasteiger partial charge < -0.3 is 9.72 Å². The highest BCUT2D eigenvalue weighted by Gasteiger charge is 2.33. The van der Waals surface area contributed by atoms with Crippen LogP contribution in [0, 0.1) is 11.8 Å². The van der Waals surface area contributed by atoms with E-state index in [1.165, 1.54) is 11.1 Å². The number of aromatic nitrogens is 3. The van der Waals surface area contributed by atoms with Gasteiger partial charge in [0.05, 0.1) is 11.9 Å². The maximum atomic E-state index is 13.2. The molecule has 8 heteroatoms. The molecule has 1 saturated heterocycles. The molecule has 2 aliphatic rings. The van der Waals surface area contributed by atoms with Crippen molar-refractivity contribution in [1.82, 2.24) is 19.3 Å². The van der Waals surface area contributed by atoms with Crippen LogP contribution in [0.25, 0.3) is 21.8 Å². The molecule has 1 aliphatic carbocycles. The number of ether oxygens (including phenoxy) is 1. The fraction of sp³-hybridized carbons (Fsp3) is 0.615. The summed E-state index contributed by atoms with van der Waals surface area (Å²) in [5.74, 6) is 1.34. The van der Waals surface area contributed by atoms with Crippen LogP contribution in [0.4, 0.5) is 0 Å².